The number of imidazole rings is 1. The van der Waals surface area contributed by atoms with Crippen molar-refractivity contribution in [1.29, 1.82) is 0 Å². The Morgan fingerprint density at radius 1 is 1.30 bits per heavy atom. The number of carbonyl (C=O) groups is 1. The third-order valence-corrected chi connectivity index (χ3v) is 2.25. The van der Waals surface area contributed by atoms with Gasteiger partial charge >= 0.3 is 0 Å². The number of hydrogen-bond donors (Lipinski definition) is 0. The van der Waals surface area contributed by atoms with Gasteiger partial charge in [-0.25, -0.2) is 9.50 Å². The number of rotatable bonds is 3. The van der Waals surface area contributed by atoms with Crippen LogP contribution in [0.25, 0.3) is 5.65 Å². The lowest BCUT2D eigenvalue weighted by Gasteiger charge is -1.90. The van der Waals surface area contributed by atoms with Gasteiger partial charge in [0.2, 0.25) is 0 Å². The molecule has 0 amide bonds. The maximum absolute atomic E-state index is 11.6. The number of halogens is 2. The topological polar surface area (TPSA) is 47.3 Å². The van der Waals surface area contributed by atoms with Crippen LogP contribution in [-0.4, -0.2) is 26.2 Å². The molecule has 4 nitrogen and oxygen atoms in total. The molecule has 0 aromatic carbocycles. The highest BCUT2D eigenvalue weighted by Crippen LogP contribution is 2.09. The Hall–Kier alpha value is -0.940. The fourth-order valence-electron chi connectivity index (χ4n) is 1.35. The smallest absolute Gasteiger partial charge is 0.182 e. The lowest BCUT2D eigenvalue weighted by molar-refractivity contribution is 0.0977. The molecule has 2 heterocycles. The van der Waals surface area contributed by atoms with Gasteiger partial charge in [0.15, 0.2) is 11.4 Å². The molecule has 0 saturated heterocycles. The van der Waals surface area contributed by atoms with Crippen LogP contribution in [0, 0.1) is 0 Å². The molecule has 0 saturated carbocycles. The van der Waals surface area contributed by atoms with Gasteiger partial charge in [0, 0.05) is 6.42 Å². The van der Waals surface area contributed by atoms with Crippen molar-refractivity contribution in [2.75, 3.05) is 5.83 Å². The van der Waals surface area contributed by atoms with E-state index in [0.29, 0.717) is 22.9 Å². The van der Waals surface area contributed by atoms with Crippen molar-refractivity contribution in [3.05, 3.63) is 29.2 Å². The van der Waals surface area contributed by atoms with E-state index >= 15 is 0 Å². The van der Waals surface area contributed by atoms with Gasteiger partial charge in [-0.3, -0.25) is 4.79 Å². The first-order chi connectivity index (χ1) is 9.62. The number of carbonyl (C=O) groups excluding carboxylic acids is 1. The van der Waals surface area contributed by atoms with Crippen LogP contribution in [0.2, 0.25) is 5.15 Å². The maximum Gasteiger partial charge on any atom is 0.182 e. The second-order valence-electron chi connectivity index (χ2n) is 3.97. The summed E-state index contributed by atoms with van der Waals surface area (Å²) in [6.07, 6.45) is 4.19. The van der Waals surface area contributed by atoms with Gasteiger partial charge in [0.1, 0.15) is 10.8 Å². The van der Waals surface area contributed by atoms with Gasteiger partial charge in [-0.05, 0) is 24.4 Å². The molecule has 0 spiro atoms. The van der Waals surface area contributed by atoms with Crippen molar-refractivity contribution >= 4 is 39.0 Å². The van der Waals surface area contributed by atoms with E-state index in [1.54, 1.807) is 18.3 Å². The summed E-state index contributed by atoms with van der Waals surface area (Å²) in [5, 5.41) is 4.39. The van der Waals surface area contributed by atoms with Gasteiger partial charge in [0.25, 0.3) is 0 Å². The average Bonchev–Trinajstić information content (AvgIpc) is 2.85. The summed E-state index contributed by atoms with van der Waals surface area (Å²) in [4.78, 5) is 15.7. The minimum absolute atomic E-state index is 0.0409. The molecule has 20 heavy (non-hydrogen) atoms. The van der Waals surface area contributed by atoms with Crippen molar-refractivity contribution in [2.24, 2.45) is 0 Å². The molecular formula is C14H21BrClN3O. The minimum atomic E-state index is 0.0409. The summed E-state index contributed by atoms with van der Waals surface area (Å²) in [6.45, 7) is 6.21. The highest BCUT2D eigenvalue weighted by Gasteiger charge is 2.10. The molecule has 112 valence electrons. The van der Waals surface area contributed by atoms with Crippen LogP contribution in [0.1, 0.15) is 50.5 Å². The molecule has 2 aromatic heterocycles. The van der Waals surface area contributed by atoms with Gasteiger partial charge < -0.3 is 0 Å². The summed E-state index contributed by atoms with van der Waals surface area (Å²) in [5.41, 5.74) is 1.09. The first-order valence-corrected chi connectivity index (χ1v) is 8.51. The molecule has 0 radical (unpaired) electrons. The molecule has 0 aliphatic heterocycles. The Morgan fingerprint density at radius 2 is 1.90 bits per heavy atom. The molecule has 0 aliphatic rings. The monoisotopic (exact) mass is 361 g/mol. The maximum atomic E-state index is 11.6. The number of nitrogens with zero attached hydrogens (tertiary/aromatic N) is 3. The third-order valence-electron chi connectivity index (χ3n) is 2.05. The zero-order valence-corrected chi connectivity index (χ0v) is 14.7. The molecule has 2 aromatic rings. The van der Waals surface area contributed by atoms with Crippen LogP contribution in [0.15, 0.2) is 18.3 Å². The molecule has 0 atom stereocenters. The molecule has 0 aliphatic carbocycles. The standard InChI is InChI=1S/C10H10ClN3O.C3H8.CH3Br/c1-2-3-8(15)7-6-14-10(12-7)5-4-9(11)13-14;1-3-2;1-2/h4-6H,2-3H2,1H3;3H2,1-2H3;1H3. The van der Waals surface area contributed by atoms with Crippen LogP contribution < -0.4 is 0 Å². The number of aromatic nitrogens is 3. The molecule has 2 rings (SSSR count). The van der Waals surface area contributed by atoms with Gasteiger partial charge in [0.05, 0.1) is 6.20 Å². The summed E-state index contributed by atoms with van der Waals surface area (Å²) >= 11 is 8.66. The lowest BCUT2D eigenvalue weighted by atomic mass is 10.2. The van der Waals surface area contributed by atoms with Crippen molar-refractivity contribution in [3.8, 4) is 0 Å². The molecule has 6 heteroatoms. The zero-order chi connectivity index (χ0) is 15.5. The molecule has 0 N–H and O–H groups in total. The van der Waals surface area contributed by atoms with E-state index in [2.05, 4.69) is 39.9 Å². The minimum Gasteiger partial charge on any atom is -0.292 e. The number of Topliss-reactive ketones (excluding diaryl/α,β-unsaturated/α-hetero) is 1. The van der Waals surface area contributed by atoms with E-state index in [9.17, 15) is 4.79 Å². The van der Waals surface area contributed by atoms with Crippen LogP contribution in [0.3, 0.4) is 0 Å². The first-order valence-electron chi connectivity index (χ1n) is 6.55. The predicted octanol–water partition coefficient (Wildman–Crippen LogP) is 4.79. The normalized spacial score (nSPS) is 9.30. The molecule has 0 bridgehead atoms. The Morgan fingerprint density at radius 3 is 2.45 bits per heavy atom. The summed E-state index contributed by atoms with van der Waals surface area (Å²) < 4.78 is 1.52. The molecular weight excluding hydrogens is 342 g/mol. The van der Waals surface area contributed by atoms with E-state index in [-0.39, 0.29) is 5.78 Å². The summed E-state index contributed by atoms with van der Waals surface area (Å²) in [6, 6.07) is 3.38. The fourth-order valence-corrected chi connectivity index (χ4v) is 1.49. The van der Waals surface area contributed by atoms with Crippen molar-refractivity contribution in [2.45, 2.75) is 40.0 Å². The third kappa shape index (κ3) is 6.01. The summed E-state index contributed by atoms with van der Waals surface area (Å²) in [7, 11) is 0. The number of ketones is 1. The number of hydrogen-bond acceptors (Lipinski definition) is 3. The van der Waals surface area contributed by atoms with E-state index in [0.717, 1.165) is 6.42 Å². The molecule has 0 unspecified atom stereocenters. The van der Waals surface area contributed by atoms with Crippen LogP contribution in [0.4, 0.5) is 0 Å². The SMILES string of the molecule is CBr.CCC.CCCC(=O)c1cn2nc(Cl)ccc2n1. The second kappa shape index (κ2) is 10.8. The van der Waals surface area contributed by atoms with Crippen molar-refractivity contribution in [3.63, 3.8) is 0 Å². The van der Waals surface area contributed by atoms with E-state index in [1.807, 2.05) is 12.8 Å². The van der Waals surface area contributed by atoms with Gasteiger partial charge in [-0.2, -0.15) is 5.10 Å². The van der Waals surface area contributed by atoms with Crippen molar-refractivity contribution < 1.29 is 4.79 Å². The van der Waals surface area contributed by atoms with Crippen LogP contribution in [0.5, 0.6) is 0 Å². The Labute approximate surface area is 133 Å². The van der Waals surface area contributed by atoms with Crippen molar-refractivity contribution in [1.82, 2.24) is 14.6 Å². The van der Waals surface area contributed by atoms with Gasteiger partial charge in [-0.15, -0.1) is 0 Å². The highest BCUT2D eigenvalue weighted by atomic mass is 79.9. The van der Waals surface area contributed by atoms with Gasteiger partial charge in [-0.1, -0.05) is 54.7 Å². The van der Waals surface area contributed by atoms with E-state index < -0.39 is 0 Å². The van der Waals surface area contributed by atoms with E-state index in [1.165, 1.54) is 10.9 Å². The van der Waals surface area contributed by atoms with Crippen LogP contribution >= 0.6 is 27.5 Å². The lowest BCUT2D eigenvalue weighted by Crippen LogP contribution is -1.97. The molecule has 0 fully saturated rings. The second-order valence-corrected chi connectivity index (χ2v) is 4.35. The quantitative estimate of drug-likeness (QED) is 0.582. The Kier molecular flexibility index (Phi) is 10.3. The predicted molar refractivity (Wildman–Crippen MR) is 88.1 cm³/mol. The zero-order valence-electron chi connectivity index (χ0n) is 12.4. The highest BCUT2D eigenvalue weighted by molar-refractivity contribution is 9.08. The number of alkyl halides is 1. The first kappa shape index (κ1) is 19.1. The average molecular weight is 363 g/mol. The summed E-state index contributed by atoms with van der Waals surface area (Å²) in [5.74, 6) is 1.85. The Bertz CT molecular complexity index is 528. The Balaban J connectivity index is 0.000000641. The largest absolute Gasteiger partial charge is 0.292 e. The fraction of sp³-hybridized carbons (Fsp3) is 0.500. The van der Waals surface area contributed by atoms with E-state index in [4.69, 9.17) is 11.6 Å². The van der Waals surface area contributed by atoms with Crippen LogP contribution in [-0.2, 0) is 0 Å². The number of fused-ring (bicyclic) bond motifs is 1.